The molecule has 3 aromatic carbocycles. The maximum Gasteiger partial charge on any atom is 0.265 e. The summed E-state index contributed by atoms with van der Waals surface area (Å²) in [5.74, 6) is 3.74. The van der Waals surface area contributed by atoms with E-state index in [2.05, 4.69) is 48.7 Å². The van der Waals surface area contributed by atoms with Gasteiger partial charge in [0.05, 0.1) is 21.7 Å². The van der Waals surface area contributed by atoms with E-state index in [-0.39, 0.29) is 16.9 Å². The molecular formula is C34H35ClN4O4S. The number of carbonyl (C=O) groups is 4. The topological polar surface area (TPSA) is 130 Å². The summed E-state index contributed by atoms with van der Waals surface area (Å²) in [6, 6.07) is 22.3. The molecule has 0 aliphatic heterocycles. The Kier molecular flexibility index (Phi) is 11.1. The van der Waals surface area contributed by atoms with Crippen LogP contribution in [-0.2, 0) is 24.1 Å². The maximum atomic E-state index is 13.6. The Balaban J connectivity index is 1.53. The van der Waals surface area contributed by atoms with Crippen molar-refractivity contribution in [2.45, 2.75) is 46.1 Å². The summed E-state index contributed by atoms with van der Waals surface area (Å²) < 4.78 is 0. The van der Waals surface area contributed by atoms with Crippen LogP contribution in [0, 0.1) is 5.92 Å². The van der Waals surface area contributed by atoms with Crippen LogP contribution in [0.4, 0.5) is 5.00 Å². The molecule has 0 aliphatic carbocycles. The molecule has 1 heterocycles. The molecule has 10 heteroatoms. The third kappa shape index (κ3) is 8.19. The van der Waals surface area contributed by atoms with Crippen LogP contribution in [0.3, 0.4) is 0 Å². The van der Waals surface area contributed by atoms with E-state index >= 15 is 0 Å². The summed E-state index contributed by atoms with van der Waals surface area (Å²) in [6.07, 6.45) is 2.45. The summed E-state index contributed by atoms with van der Waals surface area (Å²) >= 11 is 7.66. The highest BCUT2D eigenvalue weighted by atomic mass is 35.5. The fourth-order valence-electron chi connectivity index (χ4n) is 4.72. The van der Waals surface area contributed by atoms with E-state index in [4.69, 9.17) is 17.4 Å². The van der Waals surface area contributed by atoms with Gasteiger partial charge in [0.2, 0.25) is 5.91 Å². The van der Waals surface area contributed by atoms with Gasteiger partial charge in [0.15, 0.2) is 5.78 Å². The molecular weight excluding hydrogens is 596 g/mol. The van der Waals surface area contributed by atoms with Crippen LogP contribution in [0.5, 0.6) is 0 Å². The first-order valence-electron chi connectivity index (χ1n) is 14.3. The maximum absolute atomic E-state index is 13.6. The fraction of sp³-hybridized carbons (Fsp3) is 0.235. The van der Waals surface area contributed by atoms with Gasteiger partial charge in [0, 0.05) is 10.4 Å². The Labute approximate surface area is 266 Å². The molecule has 0 fully saturated rings. The number of anilines is 1. The number of hydrazine groups is 1. The van der Waals surface area contributed by atoms with Gasteiger partial charge in [-0.2, -0.15) is 0 Å². The quantitative estimate of drug-likeness (QED) is 0.0662. The predicted molar refractivity (Wildman–Crippen MR) is 175 cm³/mol. The molecule has 0 saturated heterocycles. The third-order valence-corrected chi connectivity index (χ3v) is 8.44. The lowest BCUT2D eigenvalue weighted by Crippen LogP contribution is -2.42. The minimum Gasteiger partial charge on any atom is -0.340 e. The summed E-state index contributed by atoms with van der Waals surface area (Å²) in [4.78, 5) is 52.9. The van der Waals surface area contributed by atoms with E-state index in [0.717, 1.165) is 17.7 Å². The van der Waals surface area contributed by atoms with Crippen LogP contribution in [0.2, 0.25) is 5.02 Å². The second kappa shape index (κ2) is 14.9. The minimum atomic E-state index is -0.991. The van der Waals surface area contributed by atoms with Gasteiger partial charge in [0.1, 0.15) is 11.0 Å². The number of hydrogen-bond donors (Lipinski definition) is 4. The van der Waals surface area contributed by atoms with E-state index in [1.807, 2.05) is 5.43 Å². The van der Waals surface area contributed by atoms with Gasteiger partial charge in [-0.25, -0.2) is 5.84 Å². The number of ketones is 1. The standard InChI is InChI=1S/C34H35ClN4O4S/c1-20(2)18-23-14-12-22(13-15-23)16-17-24-19-28(30(40)27-10-6-7-11-29(27)35)34(44-24)38-31(41)21(3)37-32(42)25-8-4-5-9-26(25)33(43)39-36/h4-15,19-21H,16-18,36H2,1-3H3,(H,37,42)(H,38,41)(H,39,43). The molecule has 8 nitrogen and oxygen atoms in total. The number of nitrogen functional groups attached to an aromatic ring is 1. The summed E-state index contributed by atoms with van der Waals surface area (Å²) in [5, 5.41) is 6.13. The number of hydrogen-bond acceptors (Lipinski definition) is 6. The number of carbonyl (C=O) groups excluding carboxylic acids is 4. The molecule has 0 spiro atoms. The molecule has 44 heavy (non-hydrogen) atoms. The van der Waals surface area contributed by atoms with Gasteiger partial charge in [-0.1, -0.05) is 74.0 Å². The molecule has 0 radical (unpaired) electrons. The Morgan fingerprint density at radius 2 is 1.36 bits per heavy atom. The summed E-state index contributed by atoms with van der Waals surface area (Å²) in [7, 11) is 0. The van der Waals surface area contributed by atoms with Crippen molar-refractivity contribution in [3.63, 3.8) is 0 Å². The zero-order valence-electron chi connectivity index (χ0n) is 24.8. The minimum absolute atomic E-state index is 0.0698. The van der Waals surface area contributed by atoms with E-state index in [1.54, 1.807) is 42.5 Å². The van der Waals surface area contributed by atoms with Gasteiger partial charge in [-0.15, -0.1) is 11.3 Å². The Morgan fingerprint density at radius 1 is 0.773 bits per heavy atom. The Bertz CT molecular complexity index is 1670. The van der Waals surface area contributed by atoms with E-state index in [0.29, 0.717) is 33.5 Å². The normalized spacial score (nSPS) is 11.6. The number of aryl methyl sites for hydroxylation is 2. The fourth-order valence-corrected chi connectivity index (χ4v) is 5.99. The van der Waals surface area contributed by atoms with Crippen LogP contribution in [0.15, 0.2) is 78.9 Å². The first kappa shape index (κ1) is 32.6. The molecule has 1 atom stereocenters. The highest BCUT2D eigenvalue weighted by molar-refractivity contribution is 7.16. The van der Waals surface area contributed by atoms with Crippen LogP contribution in [0.25, 0.3) is 0 Å². The highest BCUT2D eigenvalue weighted by Gasteiger charge is 2.25. The number of thiophene rings is 1. The van der Waals surface area contributed by atoms with Crippen molar-refractivity contribution >= 4 is 51.4 Å². The first-order chi connectivity index (χ1) is 21.1. The predicted octanol–water partition coefficient (Wildman–Crippen LogP) is 5.98. The van der Waals surface area contributed by atoms with Crippen molar-refractivity contribution in [3.05, 3.63) is 122 Å². The van der Waals surface area contributed by atoms with Crippen LogP contribution >= 0.6 is 22.9 Å². The molecule has 0 saturated carbocycles. The van der Waals surface area contributed by atoms with Crippen molar-refractivity contribution in [1.82, 2.24) is 10.7 Å². The van der Waals surface area contributed by atoms with Gasteiger partial charge in [0.25, 0.3) is 11.8 Å². The molecule has 4 aromatic rings. The van der Waals surface area contributed by atoms with Crippen LogP contribution in [-0.4, -0.2) is 29.5 Å². The van der Waals surface area contributed by atoms with Crippen molar-refractivity contribution in [2.75, 3.05) is 5.32 Å². The lowest BCUT2D eigenvalue weighted by molar-refractivity contribution is -0.117. The molecule has 3 amide bonds. The van der Waals surface area contributed by atoms with Gasteiger partial charge in [-0.05, 0) is 73.6 Å². The van der Waals surface area contributed by atoms with E-state index in [9.17, 15) is 19.2 Å². The average Bonchev–Trinajstić information content (AvgIpc) is 3.42. The molecule has 4 rings (SSSR count). The van der Waals surface area contributed by atoms with Crippen molar-refractivity contribution in [2.24, 2.45) is 11.8 Å². The molecule has 0 aliphatic rings. The molecule has 0 bridgehead atoms. The zero-order chi connectivity index (χ0) is 31.8. The van der Waals surface area contributed by atoms with Gasteiger partial charge >= 0.3 is 0 Å². The van der Waals surface area contributed by atoms with Crippen LogP contribution < -0.4 is 21.9 Å². The van der Waals surface area contributed by atoms with E-state index in [1.165, 1.54) is 41.5 Å². The number of benzene rings is 3. The Hall–Kier alpha value is -4.31. The van der Waals surface area contributed by atoms with Gasteiger partial charge < -0.3 is 10.6 Å². The SMILES string of the molecule is CC(C)Cc1ccc(CCc2cc(C(=O)c3ccccc3Cl)c(NC(=O)C(C)NC(=O)c3ccccc3C(=O)NN)s2)cc1. The number of rotatable bonds is 12. The molecule has 5 N–H and O–H groups in total. The Morgan fingerprint density at radius 3 is 1.98 bits per heavy atom. The third-order valence-electron chi connectivity index (χ3n) is 7.00. The lowest BCUT2D eigenvalue weighted by Gasteiger charge is -2.15. The second-order valence-corrected chi connectivity index (χ2v) is 12.4. The van der Waals surface area contributed by atoms with E-state index < -0.39 is 23.8 Å². The smallest absolute Gasteiger partial charge is 0.265 e. The van der Waals surface area contributed by atoms with Crippen LogP contribution in [0.1, 0.15) is 73.4 Å². The summed E-state index contributed by atoms with van der Waals surface area (Å²) in [5.41, 5.74) is 5.28. The zero-order valence-corrected chi connectivity index (χ0v) is 26.4. The number of amides is 3. The summed E-state index contributed by atoms with van der Waals surface area (Å²) in [6.45, 7) is 5.91. The highest BCUT2D eigenvalue weighted by Crippen LogP contribution is 2.33. The van der Waals surface area contributed by atoms with Crippen molar-refractivity contribution < 1.29 is 19.2 Å². The monoisotopic (exact) mass is 630 g/mol. The first-order valence-corrected chi connectivity index (χ1v) is 15.5. The molecule has 228 valence electrons. The average molecular weight is 631 g/mol. The lowest BCUT2D eigenvalue weighted by atomic mass is 10.00. The van der Waals surface area contributed by atoms with Gasteiger partial charge in [-0.3, -0.25) is 24.6 Å². The number of nitrogens with one attached hydrogen (secondary N) is 3. The van der Waals surface area contributed by atoms with Crippen molar-refractivity contribution in [3.8, 4) is 0 Å². The largest absolute Gasteiger partial charge is 0.340 e. The number of halogens is 1. The molecule has 1 aromatic heterocycles. The molecule has 1 unspecified atom stereocenters. The number of nitrogens with two attached hydrogens (primary N) is 1. The second-order valence-electron chi connectivity index (χ2n) is 10.9. The van der Waals surface area contributed by atoms with Crippen molar-refractivity contribution in [1.29, 1.82) is 0 Å².